The third-order valence-corrected chi connectivity index (χ3v) is 5.41. The summed E-state index contributed by atoms with van der Waals surface area (Å²) in [5.74, 6) is -2.01. The molecule has 0 spiro atoms. The van der Waals surface area contributed by atoms with Crippen LogP contribution in [-0.2, 0) is 21.9 Å². The molecule has 0 N–H and O–H groups in total. The van der Waals surface area contributed by atoms with Crippen LogP contribution < -0.4 is 0 Å². The molecule has 1 heterocycles. The van der Waals surface area contributed by atoms with Gasteiger partial charge in [0.2, 0.25) is 0 Å². The summed E-state index contributed by atoms with van der Waals surface area (Å²) in [7, 11) is 0. The Hall–Kier alpha value is -2.26. The molecule has 1 amide bonds. The Morgan fingerprint density at radius 1 is 1.00 bits per heavy atom. The van der Waals surface area contributed by atoms with Gasteiger partial charge in [0, 0.05) is 6.54 Å². The summed E-state index contributed by atoms with van der Waals surface area (Å²) in [6.07, 6.45) is -3.64. The average Bonchev–Trinajstić information content (AvgIpc) is 3.20. The van der Waals surface area contributed by atoms with Crippen LogP contribution in [0.25, 0.3) is 0 Å². The van der Waals surface area contributed by atoms with E-state index in [0.29, 0.717) is 12.8 Å². The van der Waals surface area contributed by atoms with E-state index in [1.807, 2.05) is 0 Å². The van der Waals surface area contributed by atoms with Gasteiger partial charge in [-0.1, -0.05) is 39.0 Å². The van der Waals surface area contributed by atoms with E-state index >= 15 is 0 Å². The lowest BCUT2D eigenvalue weighted by Crippen LogP contribution is -2.42. The predicted octanol–water partition coefficient (Wildman–Crippen LogP) is 6.23. The first-order chi connectivity index (χ1) is 15.0. The van der Waals surface area contributed by atoms with Crippen LogP contribution in [0.3, 0.4) is 0 Å². The first kappa shape index (κ1) is 26.0. The number of carbonyl (C=O) groups excluding carboxylic acids is 2. The number of alkyl halides is 6. The Labute approximate surface area is 182 Å². The van der Waals surface area contributed by atoms with Gasteiger partial charge in [-0.3, -0.25) is 4.79 Å². The highest BCUT2D eigenvalue weighted by atomic mass is 19.4. The number of halogens is 6. The Bertz CT molecular complexity index is 791. The minimum absolute atomic E-state index is 0.0385. The maximum Gasteiger partial charge on any atom is 0.417 e. The highest BCUT2D eigenvalue weighted by Gasteiger charge is 2.42. The van der Waals surface area contributed by atoms with Crippen LogP contribution in [0.2, 0.25) is 0 Å². The summed E-state index contributed by atoms with van der Waals surface area (Å²) in [6.45, 7) is 2.18. The van der Waals surface area contributed by atoms with Crippen molar-refractivity contribution in [2.24, 2.45) is 0 Å². The van der Waals surface area contributed by atoms with E-state index in [-0.39, 0.29) is 37.8 Å². The lowest BCUT2D eigenvalue weighted by molar-refractivity contribution is -0.148. The summed E-state index contributed by atoms with van der Waals surface area (Å²) in [6, 6.07) is -0.381. The summed E-state index contributed by atoms with van der Waals surface area (Å²) < 4.78 is 84.3. The van der Waals surface area contributed by atoms with Crippen molar-refractivity contribution in [1.29, 1.82) is 0 Å². The van der Waals surface area contributed by atoms with Crippen LogP contribution in [0.4, 0.5) is 26.3 Å². The van der Waals surface area contributed by atoms with Gasteiger partial charge in [0.15, 0.2) is 0 Å². The molecule has 1 aliphatic rings. The largest absolute Gasteiger partial charge is 0.464 e. The van der Waals surface area contributed by atoms with Gasteiger partial charge in [0.05, 0.1) is 23.3 Å². The number of hydrogen-bond donors (Lipinski definition) is 0. The molecule has 0 bridgehead atoms. The van der Waals surface area contributed by atoms with Crippen molar-refractivity contribution < 1.29 is 40.7 Å². The molecule has 0 aromatic heterocycles. The van der Waals surface area contributed by atoms with Crippen molar-refractivity contribution in [2.45, 2.75) is 76.7 Å². The summed E-state index contributed by atoms with van der Waals surface area (Å²) in [4.78, 5) is 26.1. The smallest absolute Gasteiger partial charge is 0.417 e. The number of esters is 1. The number of nitrogens with zero attached hydrogens (tertiary/aromatic N) is 1. The summed E-state index contributed by atoms with van der Waals surface area (Å²) in [5.41, 5.74) is -3.96. The molecule has 0 aliphatic carbocycles. The molecule has 1 aromatic rings. The number of hydrogen-bond acceptors (Lipinski definition) is 3. The number of benzene rings is 1. The fourth-order valence-corrected chi connectivity index (χ4v) is 3.71. The van der Waals surface area contributed by atoms with Crippen LogP contribution in [0, 0.1) is 0 Å². The predicted molar refractivity (Wildman–Crippen MR) is 105 cm³/mol. The lowest BCUT2D eigenvalue weighted by atomic mass is 10.0. The third kappa shape index (κ3) is 6.87. The third-order valence-electron chi connectivity index (χ3n) is 5.41. The molecule has 1 unspecified atom stereocenters. The van der Waals surface area contributed by atoms with E-state index in [1.54, 1.807) is 0 Å². The first-order valence-corrected chi connectivity index (χ1v) is 10.7. The quantitative estimate of drug-likeness (QED) is 0.246. The standard InChI is InChI=1S/C22H27F6NO3/c1-2-3-4-5-6-7-13-32-20(31)18-9-8-12-29(18)19(30)16-14-15(21(23,24)25)10-11-17(16)22(26,27)28/h10-11,14,18H,2-9,12-13H2,1H3. The zero-order chi connectivity index (χ0) is 23.9. The van der Waals surface area contributed by atoms with E-state index in [2.05, 4.69) is 6.92 Å². The van der Waals surface area contributed by atoms with Crippen molar-refractivity contribution in [3.63, 3.8) is 0 Å². The highest BCUT2D eigenvalue weighted by Crippen LogP contribution is 2.37. The van der Waals surface area contributed by atoms with Crippen LogP contribution in [0.5, 0.6) is 0 Å². The molecule has 10 heteroatoms. The van der Waals surface area contributed by atoms with Gasteiger partial charge < -0.3 is 9.64 Å². The number of carbonyl (C=O) groups is 2. The molecule has 32 heavy (non-hydrogen) atoms. The minimum Gasteiger partial charge on any atom is -0.464 e. The SMILES string of the molecule is CCCCCCCCOC(=O)C1CCCN1C(=O)c1cc(C(F)(F)F)ccc1C(F)(F)F. The Kier molecular flexibility index (Phi) is 8.98. The number of unbranched alkanes of at least 4 members (excludes halogenated alkanes) is 5. The van der Waals surface area contributed by atoms with Crippen LogP contribution in [-0.4, -0.2) is 36.0 Å². The maximum absolute atomic E-state index is 13.4. The van der Waals surface area contributed by atoms with Gasteiger partial charge in [-0.2, -0.15) is 26.3 Å². The molecule has 1 atom stereocenters. The van der Waals surface area contributed by atoms with Gasteiger partial charge >= 0.3 is 18.3 Å². The molecule has 1 aromatic carbocycles. The van der Waals surface area contributed by atoms with Gasteiger partial charge in [0.1, 0.15) is 6.04 Å². The molecule has 180 valence electrons. The molecule has 1 fully saturated rings. The number of likely N-dealkylation sites (tertiary alicyclic amines) is 1. The van der Waals surface area contributed by atoms with E-state index in [9.17, 15) is 35.9 Å². The second kappa shape index (κ2) is 11.0. The van der Waals surface area contributed by atoms with Crippen molar-refractivity contribution in [1.82, 2.24) is 4.90 Å². The molecule has 1 saturated heterocycles. The topological polar surface area (TPSA) is 46.6 Å². The fourth-order valence-electron chi connectivity index (χ4n) is 3.71. The molecule has 2 rings (SSSR count). The van der Waals surface area contributed by atoms with Crippen molar-refractivity contribution >= 4 is 11.9 Å². The average molecular weight is 467 g/mol. The maximum atomic E-state index is 13.4. The number of ether oxygens (including phenoxy) is 1. The molecule has 4 nitrogen and oxygen atoms in total. The monoisotopic (exact) mass is 467 g/mol. The van der Waals surface area contributed by atoms with Crippen LogP contribution in [0.1, 0.15) is 79.8 Å². The Morgan fingerprint density at radius 3 is 2.28 bits per heavy atom. The summed E-state index contributed by atoms with van der Waals surface area (Å²) >= 11 is 0. The molecule has 0 radical (unpaired) electrons. The number of amides is 1. The van der Waals surface area contributed by atoms with Crippen molar-refractivity contribution in [3.05, 3.63) is 34.9 Å². The molecular weight excluding hydrogens is 440 g/mol. The van der Waals surface area contributed by atoms with Gasteiger partial charge in [-0.15, -0.1) is 0 Å². The van der Waals surface area contributed by atoms with Crippen LogP contribution in [0.15, 0.2) is 18.2 Å². The Morgan fingerprint density at radius 2 is 1.66 bits per heavy atom. The van der Waals surface area contributed by atoms with Gasteiger partial charge in [-0.25, -0.2) is 4.79 Å². The van der Waals surface area contributed by atoms with Crippen LogP contribution >= 0.6 is 0 Å². The van der Waals surface area contributed by atoms with Crippen molar-refractivity contribution in [2.75, 3.05) is 13.2 Å². The molecule has 1 aliphatic heterocycles. The van der Waals surface area contributed by atoms with Gasteiger partial charge in [0.25, 0.3) is 5.91 Å². The molecular formula is C22H27F6NO3. The van der Waals surface area contributed by atoms with Gasteiger partial charge in [-0.05, 0) is 37.5 Å². The minimum atomic E-state index is -5.03. The zero-order valence-corrected chi connectivity index (χ0v) is 17.8. The highest BCUT2D eigenvalue weighted by molar-refractivity contribution is 5.98. The summed E-state index contributed by atoms with van der Waals surface area (Å²) in [5, 5.41) is 0. The van der Waals surface area contributed by atoms with E-state index in [0.717, 1.165) is 37.0 Å². The second-order valence-corrected chi connectivity index (χ2v) is 7.85. The fraction of sp³-hybridized carbons (Fsp3) is 0.636. The molecule has 0 saturated carbocycles. The van der Waals surface area contributed by atoms with E-state index < -0.39 is 47.0 Å². The second-order valence-electron chi connectivity index (χ2n) is 7.85. The first-order valence-electron chi connectivity index (χ1n) is 10.7. The van der Waals surface area contributed by atoms with Crippen molar-refractivity contribution in [3.8, 4) is 0 Å². The van der Waals surface area contributed by atoms with E-state index in [1.165, 1.54) is 0 Å². The normalized spacial score (nSPS) is 17.0. The number of rotatable bonds is 9. The lowest BCUT2D eigenvalue weighted by Gasteiger charge is -2.25. The zero-order valence-electron chi connectivity index (χ0n) is 17.8. The van der Waals surface area contributed by atoms with E-state index in [4.69, 9.17) is 4.74 Å². The Balaban J connectivity index is 2.11.